The molecule has 1 aromatic carbocycles. The highest BCUT2D eigenvalue weighted by molar-refractivity contribution is 5.54. The third-order valence-corrected chi connectivity index (χ3v) is 3.44. The van der Waals surface area contributed by atoms with Gasteiger partial charge in [-0.05, 0) is 54.4 Å². The van der Waals surface area contributed by atoms with Crippen molar-refractivity contribution in [2.75, 3.05) is 5.73 Å². The van der Waals surface area contributed by atoms with Crippen molar-refractivity contribution in [1.29, 1.82) is 0 Å². The molecular formula is C14H21N. The van der Waals surface area contributed by atoms with Crippen LogP contribution in [0, 0.1) is 0 Å². The van der Waals surface area contributed by atoms with Gasteiger partial charge in [0.2, 0.25) is 0 Å². The van der Waals surface area contributed by atoms with Gasteiger partial charge in [-0.1, -0.05) is 26.3 Å². The molecule has 0 saturated heterocycles. The van der Waals surface area contributed by atoms with E-state index in [0.29, 0.717) is 5.92 Å². The monoisotopic (exact) mass is 203 g/mol. The Labute approximate surface area is 92.7 Å². The largest absolute Gasteiger partial charge is 0.398 e. The molecule has 1 heteroatoms. The average molecular weight is 203 g/mol. The molecular weight excluding hydrogens is 182 g/mol. The predicted molar refractivity (Wildman–Crippen MR) is 66.2 cm³/mol. The van der Waals surface area contributed by atoms with Gasteiger partial charge >= 0.3 is 0 Å². The molecule has 2 rings (SSSR count). The normalized spacial score (nSPS) is 16.2. The van der Waals surface area contributed by atoms with Crippen molar-refractivity contribution < 1.29 is 0 Å². The van der Waals surface area contributed by atoms with Crippen molar-refractivity contribution in [3.63, 3.8) is 0 Å². The second-order valence-electron chi connectivity index (χ2n) is 4.96. The molecule has 0 unspecified atom stereocenters. The van der Waals surface area contributed by atoms with E-state index < -0.39 is 0 Å². The first kappa shape index (κ1) is 10.5. The van der Waals surface area contributed by atoms with Gasteiger partial charge in [0, 0.05) is 5.69 Å². The fourth-order valence-corrected chi connectivity index (χ4v) is 2.44. The topological polar surface area (TPSA) is 26.0 Å². The number of anilines is 1. The number of benzene rings is 1. The van der Waals surface area contributed by atoms with E-state index in [-0.39, 0.29) is 0 Å². The van der Waals surface area contributed by atoms with E-state index in [9.17, 15) is 0 Å². The van der Waals surface area contributed by atoms with Crippen LogP contribution in [-0.2, 0) is 12.8 Å². The van der Waals surface area contributed by atoms with E-state index in [1.165, 1.54) is 48.8 Å². The molecule has 82 valence electrons. The SMILES string of the molecule is CC(C)c1cc(N)c2c(c1)CCCCC2. The number of nitrogen functional groups attached to an aromatic ring is 1. The molecule has 2 N–H and O–H groups in total. The van der Waals surface area contributed by atoms with Crippen LogP contribution in [0.2, 0.25) is 0 Å². The summed E-state index contributed by atoms with van der Waals surface area (Å²) in [5, 5.41) is 0. The minimum absolute atomic E-state index is 0.584. The molecule has 0 bridgehead atoms. The molecule has 1 nitrogen and oxygen atoms in total. The van der Waals surface area contributed by atoms with Crippen LogP contribution in [0.1, 0.15) is 55.7 Å². The highest BCUT2D eigenvalue weighted by Gasteiger charge is 2.13. The van der Waals surface area contributed by atoms with Crippen LogP contribution in [-0.4, -0.2) is 0 Å². The van der Waals surface area contributed by atoms with Crippen molar-refractivity contribution >= 4 is 5.69 Å². The summed E-state index contributed by atoms with van der Waals surface area (Å²) >= 11 is 0. The Bertz CT molecular complexity index is 353. The quantitative estimate of drug-likeness (QED) is 0.547. The number of nitrogens with two attached hydrogens (primary N) is 1. The van der Waals surface area contributed by atoms with Gasteiger partial charge in [0.05, 0.1) is 0 Å². The molecule has 0 radical (unpaired) electrons. The summed E-state index contributed by atoms with van der Waals surface area (Å²) in [7, 11) is 0. The zero-order valence-electron chi connectivity index (χ0n) is 9.84. The first-order chi connectivity index (χ1) is 7.18. The van der Waals surface area contributed by atoms with Gasteiger partial charge in [-0.15, -0.1) is 0 Å². The second-order valence-corrected chi connectivity index (χ2v) is 4.96. The van der Waals surface area contributed by atoms with Gasteiger partial charge in [0.1, 0.15) is 0 Å². The number of hydrogen-bond acceptors (Lipinski definition) is 1. The maximum absolute atomic E-state index is 6.15. The number of aryl methyl sites for hydroxylation is 1. The molecule has 0 spiro atoms. The summed E-state index contributed by atoms with van der Waals surface area (Å²) in [6, 6.07) is 4.55. The number of hydrogen-bond donors (Lipinski definition) is 1. The van der Waals surface area contributed by atoms with Gasteiger partial charge in [-0.3, -0.25) is 0 Å². The smallest absolute Gasteiger partial charge is 0.0352 e. The highest BCUT2D eigenvalue weighted by Crippen LogP contribution is 2.29. The lowest BCUT2D eigenvalue weighted by molar-refractivity contribution is 0.712. The first-order valence-corrected chi connectivity index (χ1v) is 6.09. The van der Waals surface area contributed by atoms with Gasteiger partial charge in [-0.2, -0.15) is 0 Å². The summed E-state index contributed by atoms with van der Waals surface area (Å²) in [6.07, 6.45) is 6.39. The Morgan fingerprint density at radius 3 is 2.53 bits per heavy atom. The molecule has 0 saturated carbocycles. The van der Waals surface area contributed by atoms with Crippen molar-refractivity contribution in [2.45, 2.75) is 51.9 Å². The van der Waals surface area contributed by atoms with Crippen LogP contribution in [0.15, 0.2) is 12.1 Å². The van der Waals surface area contributed by atoms with Crippen LogP contribution < -0.4 is 5.73 Å². The zero-order valence-corrected chi connectivity index (χ0v) is 9.84. The number of fused-ring (bicyclic) bond motifs is 1. The van der Waals surface area contributed by atoms with Crippen LogP contribution in [0.5, 0.6) is 0 Å². The molecule has 0 heterocycles. The molecule has 0 aliphatic heterocycles. The third kappa shape index (κ3) is 2.17. The molecule has 0 amide bonds. The standard InChI is InChI=1S/C14H21N/c1-10(2)12-8-11-6-4-3-5-7-13(11)14(15)9-12/h8-10H,3-7,15H2,1-2H3. The van der Waals surface area contributed by atoms with Gasteiger partial charge < -0.3 is 5.73 Å². The maximum Gasteiger partial charge on any atom is 0.0352 e. The first-order valence-electron chi connectivity index (χ1n) is 6.09. The van der Waals surface area contributed by atoms with Crippen LogP contribution in [0.3, 0.4) is 0 Å². The molecule has 15 heavy (non-hydrogen) atoms. The lowest BCUT2D eigenvalue weighted by Gasteiger charge is -2.14. The number of rotatable bonds is 1. The van der Waals surface area contributed by atoms with Crippen molar-refractivity contribution in [2.24, 2.45) is 0 Å². The average Bonchev–Trinajstić information content (AvgIpc) is 2.42. The molecule has 1 aliphatic rings. The Morgan fingerprint density at radius 2 is 1.80 bits per heavy atom. The lowest BCUT2D eigenvalue weighted by atomic mass is 9.93. The third-order valence-electron chi connectivity index (χ3n) is 3.44. The van der Waals surface area contributed by atoms with E-state index in [2.05, 4.69) is 26.0 Å². The van der Waals surface area contributed by atoms with Gasteiger partial charge in [0.15, 0.2) is 0 Å². The fourth-order valence-electron chi connectivity index (χ4n) is 2.44. The fraction of sp³-hybridized carbons (Fsp3) is 0.571. The van der Waals surface area contributed by atoms with E-state index in [4.69, 9.17) is 5.73 Å². The van der Waals surface area contributed by atoms with E-state index in [0.717, 1.165) is 5.69 Å². The van der Waals surface area contributed by atoms with Crippen molar-refractivity contribution in [1.82, 2.24) is 0 Å². The molecule has 1 aromatic rings. The van der Waals surface area contributed by atoms with E-state index >= 15 is 0 Å². The zero-order chi connectivity index (χ0) is 10.8. The highest BCUT2D eigenvalue weighted by atomic mass is 14.6. The van der Waals surface area contributed by atoms with Crippen LogP contribution in [0.25, 0.3) is 0 Å². The molecule has 0 fully saturated rings. The van der Waals surface area contributed by atoms with Crippen molar-refractivity contribution in [3.05, 3.63) is 28.8 Å². The Morgan fingerprint density at radius 1 is 1.07 bits per heavy atom. The predicted octanol–water partition coefficient (Wildman–Crippen LogP) is 3.66. The molecule has 0 aromatic heterocycles. The Kier molecular flexibility index (Phi) is 2.99. The maximum atomic E-state index is 6.15. The molecule has 0 atom stereocenters. The summed E-state index contributed by atoms with van der Waals surface area (Å²) in [5.41, 5.74) is 11.5. The summed E-state index contributed by atoms with van der Waals surface area (Å²) in [4.78, 5) is 0. The van der Waals surface area contributed by atoms with E-state index in [1.807, 2.05) is 0 Å². The summed E-state index contributed by atoms with van der Waals surface area (Å²) in [5.74, 6) is 0.584. The summed E-state index contributed by atoms with van der Waals surface area (Å²) in [6.45, 7) is 4.47. The second kappa shape index (κ2) is 4.26. The minimum Gasteiger partial charge on any atom is -0.398 e. The minimum atomic E-state index is 0.584. The van der Waals surface area contributed by atoms with Gasteiger partial charge in [-0.25, -0.2) is 0 Å². The van der Waals surface area contributed by atoms with Gasteiger partial charge in [0.25, 0.3) is 0 Å². The Balaban J connectivity index is 2.44. The van der Waals surface area contributed by atoms with Crippen molar-refractivity contribution in [3.8, 4) is 0 Å². The Hall–Kier alpha value is -0.980. The van der Waals surface area contributed by atoms with Crippen LogP contribution >= 0.6 is 0 Å². The molecule has 1 aliphatic carbocycles. The van der Waals surface area contributed by atoms with E-state index in [1.54, 1.807) is 0 Å². The lowest BCUT2D eigenvalue weighted by Crippen LogP contribution is -2.01. The van der Waals surface area contributed by atoms with Crippen LogP contribution in [0.4, 0.5) is 5.69 Å². The summed E-state index contributed by atoms with van der Waals surface area (Å²) < 4.78 is 0.